The maximum Gasteiger partial charge on any atom is 0.259 e. The molecule has 1 fully saturated rings. The van der Waals surface area contributed by atoms with Crippen LogP contribution < -0.4 is 5.32 Å². The molecule has 0 saturated carbocycles. The molecule has 2 aromatic heterocycles. The van der Waals surface area contributed by atoms with Gasteiger partial charge in [-0.05, 0) is 50.6 Å². The van der Waals surface area contributed by atoms with Crippen molar-refractivity contribution in [3.05, 3.63) is 47.4 Å². The summed E-state index contributed by atoms with van der Waals surface area (Å²) in [7, 11) is 0. The van der Waals surface area contributed by atoms with Gasteiger partial charge in [-0.25, -0.2) is 9.37 Å². The number of fused-ring (bicyclic) bond motifs is 1. The Morgan fingerprint density at radius 1 is 1.16 bits per heavy atom. The molecule has 168 valence electrons. The van der Waals surface area contributed by atoms with Crippen LogP contribution in [0.5, 0.6) is 0 Å². The molecule has 1 aliphatic heterocycles. The topological polar surface area (TPSA) is 91.6 Å². The Morgan fingerprint density at radius 2 is 1.94 bits per heavy atom. The first-order valence-electron chi connectivity index (χ1n) is 10.8. The number of carbonyl (C=O) groups is 2. The minimum absolute atomic E-state index is 0.00726. The first-order valence-corrected chi connectivity index (χ1v) is 10.8. The van der Waals surface area contributed by atoms with Gasteiger partial charge in [-0.2, -0.15) is 0 Å². The molecular formula is C23H26FN5O3. The summed E-state index contributed by atoms with van der Waals surface area (Å²) >= 11 is 0. The number of hydrogen-bond donors (Lipinski definition) is 1. The highest BCUT2D eigenvalue weighted by Crippen LogP contribution is 2.28. The third kappa shape index (κ3) is 4.62. The first-order chi connectivity index (χ1) is 15.5. The Hall–Kier alpha value is -3.33. The van der Waals surface area contributed by atoms with Gasteiger partial charge in [0.05, 0.1) is 28.9 Å². The lowest BCUT2D eigenvalue weighted by molar-refractivity contribution is -0.122. The summed E-state index contributed by atoms with van der Waals surface area (Å²) in [6, 6.07) is 7.66. The molecule has 4 rings (SSSR count). The molecule has 0 radical (unpaired) electrons. The number of nitrogens with zero attached hydrogens (tertiary/aromatic N) is 4. The van der Waals surface area contributed by atoms with Gasteiger partial charge in [0, 0.05) is 38.3 Å². The number of aryl methyl sites for hydroxylation is 1. The number of rotatable bonds is 5. The van der Waals surface area contributed by atoms with Gasteiger partial charge in [0.25, 0.3) is 11.6 Å². The average Bonchev–Trinajstić information content (AvgIpc) is 3.00. The van der Waals surface area contributed by atoms with E-state index in [0.717, 1.165) is 13.0 Å². The van der Waals surface area contributed by atoms with Crippen LogP contribution in [0.15, 0.2) is 34.9 Å². The lowest BCUT2D eigenvalue weighted by Crippen LogP contribution is -2.40. The van der Waals surface area contributed by atoms with E-state index in [9.17, 15) is 14.0 Å². The van der Waals surface area contributed by atoms with Crippen LogP contribution in [0, 0.1) is 12.7 Å². The second-order valence-electron chi connectivity index (χ2n) is 7.89. The highest BCUT2D eigenvalue weighted by atomic mass is 19.1. The van der Waals surface area contributed by atoms with Crippen LogP contribution in [0.2, 0.25) is 0 Å². The van der Waals surface area contributed by atoms with Crippen molar-refractivity contribution in [3.8, 4) is 11.3 Å². The molecule has 0 bridgehead atoms. The summed E-state index contributed by atoms with van der Waals surface area (Å²) in [6.07, 6.45) is 0.771. The van der Waals surface area contributed by atoms with E-state index < -0.39 is 0 Å². The first kappa shape index (κ1) is 21.9. The largest absolute Gasteiger partial charge is 0.355 e. The van der Waals surface area contributed by atoms with Gasteiger partial charge in [-0.1, -0.05) is 5.16 Å². The Balaban J connectivity index is 1.61. The average molecular weight is 439 g/mol. The number of hydrogen-bond acceptors (Lipinski definition) is 6. The molecule has 9 heteroatoms. The Kier molecular flexibility index (Phi) is 6.45. The zero-order valence-electron chi connectivity index (χ0n) is 18.2. The van der Waals surface area contributed by atoms with Gasteiger partial charge >= 0.3 is 0 Å². The zero-order valence-corrected chi connectivity index (χ0v) is 18.2. The number of likely N-dealkylation sites (N-methyl/N-ethyl adjacent to an activating group) is 1. The normalized spacial score (nSPS) is 15.0. The maximum atomic E-state index is 13.6. The predicted octanol–water partition coefficient (Wildman–Crippen LogP) is 2.62. The number of benzene rings is 1. The quantitative estimate of drug-likeness (QED) is 0.657. The Labute approximate surface area is 185 Å². The standard InChI is InChI=1S/C23H26FN5O3/c1-3-25-20(30)14-28-9-4-10-29(12-11-28)23(31)18-13-19(16-5-7-17(24)8-6-16)26-22-21(18)15(2)27-32-22/h5-8,13H,3-4,9-12,14H2,1-2H3,(H,25,30). The number of pyridine rings is 1. The number of carbonyl (C=O) groups excluding carboxylic acids is 2. The molecule has 3 heterocycles. The van der Waals surface area contributed by atoms with Crippen molar-refractivity contribution in [1.82, 2.24) is 25.3 Å². The van der Waals surface area contributed by atoms with Crippen LogP contribution in [0.3, 0.4) is 0 Å². The molecule has 32 heavy (non-hydrogen) atoms. The summed E-state index contributed by atoms with van der Waals surface area (Å²) < 4.78 is 18.7. The third-order valence-electron chi connectivity index (χ3n) is 5.60. The summed E-state index contributed by atoms with van der Waals surface area (Å²) in [5.74, 6) is -0.484. The van der Waals surface area contributed by atoms with Crippen LogP contribution in [0.25, 0.3) is 22.4 Å². The van der Waals surface area contributed by atoms with Crippen molar-refractivity contribution in [3.63, 3.8) is 0 Å². The number of nitrogens with one attached hydrogen (secondary N) is 1. The van der Waals surface area contributed by atoms with E-state index in [1.807, 2.05) is 6.92 Å². The van der Waals surface area contributed by atoms with Crippen molar-refractivity contribution < 1.29 is 18.5 Å². The van der Waals surface area contributed by atoms with Gasteiger partial charge in [0.1, 0.15) is 5.82 Å². The van der Waals surface area contributed by atoms with Gasteiger partial charge in [0.2, 0.25) is 5.91 Å². The summed E-state index contributed by atoms with van der Waals surface area (Å²) in [6.45, 7) is 7.06. The molecule has 0 aliphatic carbocycles. The van der Waals surface area contributed by atoms with Crippen LogP contribution in [0.4, 0.5) is 4.39 Å². The van der Waals surface area contributed by atoms with Crippen molar-refractivity contribution in [2.45, 2.75) is 20.3 Å². The lowest BCUT2D eigenvalue weighted by Gasteiger charge is -2.22. The predicted molar refractivity (Wildman–Crippen MR) is 118 cm³/mol. The molecule has 1 saturated heterocycles. The highest BCUT2D eigenvalue weighted by molar-refractivity contribution is 6.07. The van der Waals surface area contributed by atoms with Gasteiger partial charge < -0.3 is 14.7 Å². The minimum Gasteiger partial charge on any atom is -0.355 e. The second kappa shape index (κ2) is 9.44. The van der Waals surface area contributed by atoms with E-state index in [4.69, 9.17) is 4.52 Å². The fraction of sp³-hybridized carbons (Fsp3) is 0.391. The molecule has 0 unspecified atom stereocenters. The van der Waals surface area contributed by atoms with Crippen molar-refractivity contribution in [2.75, 3.05) is 39.3 Å². The van der Waals surface area contributed by atoms with Crippen LogP contribution in [-0.2, 0) is 4.79 Å². The van der Waals surface area contributed by atoms with E-state index in [1.165, 1.54) is 12.1 Å². The maximum absolute atomic E-state index is 13.6. The molecule has 8 nitrogen and oxygen atoms in total. The van der Waals surface area contributed by atoms with Crippen LogP contribution >= 0.6 is 0 Å². The van der Waals surface area contributed by atoms with E-state index in [1.54, 1.807) is 30.0 Å². The van der Waals surface area contributed by atoms with E-state index in [2.05, 4.69) is 20.4 Å². The summed E-state index contributed by atoms with van der Waals surface area (Å²) in [5.41, 5.74) is 2.53. The zero-order chi connectivity index (χ0) is 22.7. The highest BCUT2D eigenvalue weighted by Gasteiger charge is 2.26. The fourth-order valence-corrected chi connectivity index (χ4v) is 3.99. The SMILES string of the molecule is CCNC(=O)CN1CCCN(C(=O)c2cc(-c3ccc(F)cc3)nc3onc(C)c23)CC1. The lowest BCUT2D eigenvalue weighted by atomic mass is 10.0. The number of halogens is 1. The van der Waals surface area contributed by atoms with Crippen molar-refractivity contribution in [1.29, 1.82) is 0 Å². The van der Waals surface area contributed by atoms with E-state index in [0.29, 0.717) is 60.6 Å². The molecule has 0 atom stereocenters. The molecule has 0 spiro atoms. The van der Waals surface area contributed by atoms with E-state index in [-0.39, 0.29) is 23.3 Å². The molecular weight excluding hydrogens is 413 g/mol. The number of amides is 2. The smallest absolute Gasteiger partial charge is 0.259 e. The number of aromatic nitrogens is 2. The molecule has 2 amide bonds. The van der Waals surface area contributed by atoms with Crippen LogP contribution in [-0.4, -0.2) is 71.0 Å². The molecule has 1 N–H and O–H groups in total. The van der Waals surface area contributed by atoms with E-state index >= 15 is 0 Å². The minimum atomic E-state index is -0.344. The summed E-state index contributed by atoms with van der Waals surface area (Å²) in [5, 5.41) is 7.39. The van der Waals surface area contributed by atoms with Crippen molar-refractivity contribution >= 4 is 22.9 Å². The van der Waals surface area contributed by atoms with Gasteiger partial charge in [0.15, 0.2) is 0 Å². The van der Waals surface area contributed by atoms with Gasteiger partial charge in [-0.3, -0.25) is 14.5 Å². The monoisotopic (exact) mass is 439 g/mol. The third-order valence-corrected chi connectivity index (χ3v) is 5.60. The Bertz CT molecular complexity index is 1130. The fourth-order valence-electron chi connectivity index (χ4n) is 3.99. The molecule has 1 aromatic carbocycles. The summed E-state index contributed by atoms with van der Waals surface area (Å²) in [4.78, 5) is 33.8. The van der Waals surface area contributed by atoms with Gasteiger partial charge in [-0.15, -0.1) is 0 Å². The van der Waals surface area contributed by atoms with Crippen molar-refractivity contribution in [2.24, 2.45) is 0 Å². The second-order valence-corrected chi connectivity index (χ2v) is 7.89. The molecule has 3 aromatic rings. The Morgan fingerprint density at radius 3 is 2.69 bits per heavy atom. The molecule has 1 aliphatic rings. The van der Waals surface area contributed by atoms with Crippen LogP contribution in [0.1, 0.15) is 29.4 Å².